The maximum absolute atomic E-state index is 12.5. The lowest BCUT2D eigenvalue weighted by atomic mass is 10.1. The van der Waals surface area contributed by atoms with Crippen LogP contribution >= 0.6 is 24.0 Å². The van der Waals surface area contributed by atoms with Gasteiger partial charge in [-0.2, -0.15) is 0 Å². The van der Waals surface area contributed by atoms with Crippen molar-refractivity contribution in [2.24, 2.45) is 0 Å². The van der Waals surface area contributed by atoms with Crippen molar-refractivity contribution >= 4 is 46.3 Å². The van der Waals surface area contributed by atoms with Crippen molar-refractivity contribution in [1.82, 2.24) is 9.88 Å². The highest BCUT2D eigenvalue weighted by atomic mass is 32.2. The molecule has 1 amide bonds. The largest absolute Gasteiger partial charge is 0.480 e. The molecule has 0 bridgehead atoms. The highest BCUT2D eigenvalue weighted by Gasteiger charge is 2.40. The van der Waals surface area contributed by atoms with E-state index in [1.165, 1.54) is 4.90 Å². The van der Waals surface area contributed by atoms with E-state index in [2.05, 4.69) is 4.98 Å². The smallest absolute Gasteiger partial charge is 0.326 e. The Bertz CT molecular complexity index is 616. The quantitative estimate of drug-likeness (QED) is 0.636. The van der Waals surface area contributed by atoms with Gasteiger partial charge in [0.25, 0.3) is 5.91 Å². The number of thioether (sulfide) groups is 1. The second-order valence-corrected chi connectivity index (χ2v) is 6.48. The van der Waals surface area contributed by atoms with Crippen molar-refractivity contribution in [3.8, 4) is 0 Å². The fourth-order valence-electron chi connectivity index (χ4n) is 2.10. The summed E-state index contributed by atoms with van der Waals surface area (Å²) in [7, 11) is 0. The van der Waals surface area contributed by atoms with Crippen molar-refractivity contribution in [2.45, 2.75) is 32.2 Å². The number of pyridine rings is 1. The summed E-state index contributed by atoms with van der Waals surface area (Å²) in [6, 6.07) is 4.48. The maximum atomic E-state index is 12.5. The van der Waals surface area contributed by atoms with Gasteiger partial charge < -0.3 is 5.11 Å². The second kappa shape index (κ2) is 7.51. The summed E-state index contributed by atoms with van der Waals surface area (Å²) in [5, 5.41) is 9.38. The van der Waals surface area contributed by atoms with Crippen LogP contribution in [0.2, 0.25) is 0 Å². The summed E-state index contributed by atoms with van der Waals surface area (Å²) in [4.78, 5) is 29.7. The molecule has 116 valence electrons. The predicted molar refractivity (Wildman–Crippen MR) is 90.2 cm³/mol. The number of carboxylic acids is 1. The van der Waals surface area contributed by atoms with Crippen LogP contribution in [0.1, 0.15) is 31.9 Å². The Morgan fingerprint density at radius 1 is 1.55 bits per heavy atom. The van der Waals surface area contributed by atoms with Gasteiger partial charge in [-0.25, -0.2) is 4.79 Å². The number of hydrogen-bond acceptors (Lipinski definition) is 5. The van der Waals surface area contributed by atoms with Crippen LogP contribution in [0.4, 0.5) is 0 Å². The number of carboxylic acid groups (broad SMARTS) is 1. The van der Waals surface area contributed by atoms with Crippen LogP contribution in [0.25, 0.3) is 6.08 Å². The first-order valence-corrected chi connectivity index (χ1v) is 8.18. The van der Waals surface area contributed by atoms with Gasteiger partial charge in [0.1, 0.15) is 10.4 Å². The number of thiocarbonyl (C=S) groups is 1. The standard InChI is InChI=1S/C15H16N2O3S2/c1-2-3-7-11(14(19)20)17-13(18)12(22-15(17)21)9-10-6-4-5-8-16-10/h4-6,8-9,11H,2-3,7H2,1H3,(H,19,20)/b12-9-. The molecular formula is C15H16N2O3S2. The molecule has 0 radical (unpaired) electrons. The topological polar surface area (TPSA) is 70.5 Å². The average Bonchev–Trinajstić information content (AvgIpc) is 2.76. The maximum Gasteiger partial charge on any atom is 0.326 e. The minimum atomic E-state index is -1.02. The summed E-state index contributed by atoms with van der Waals surface area (Å²) in [5.74, 6) is -1.38. The zero-order chi connectivity index (χ0) is 16.1. The number of nitrogens with zero attached hydrogens (tertiary/aromatic N) is 2. The SMILES string of the molecule is CCCCC(C(=O)O)N1C(=O)/C(=C/c2ccccn2)SC1=S. The molecule has 1 aromatic rings. The van der Waals surface area contributed by atoms with Gasteiger partial charge in [0.2, 0.25) is 0 Å². The Balaban J connectivity index is 2.24. The third-order valence-corrected chi connectivity index (χ3v) is 4.55. The summed E-state index contributed by atoms with van der Waals surface area (Å²) >= 11 is 6.32. The van der Waals surface area contributed by atoms with E-state index < -0.39 is 12.0 Å². The first kappa shape index (κ1) is 16.6. The lowest BCUT2D eigenvalue weighted by molar-refractivity contribution is -0.145. The van der Waals surface area contributed by atoms with Gasteiger partial charge in [0.15, 0.2) is 0 Å². The van der Waals surface area contributed by atoms with Crippen LogP contribution in [-0.2, 0) is 9.59 Å². The Labute approximate surface area is 138 Å². The average molecular weight is 336 g/mol. The van der Waals surface area contributed by atoms with Crippen molar-refractivity contribution in [3.05, 3.63) is 35.0 Å². The van der Waals surface area contributed by atoms with Crippen molar-refractivity contribution in [3.63, 3.8) is 0 Å². The molecule has 1 unspecified atom stereocenters. The number of unbranched alkanes of at least 4 members (excludes halogenated alkanes) is 1. The van der Waals surface area contributed by atoms with E-state index in [1.54, 1.807) is 24.4 Å². The van der Waals surface area contributed by atoms with Crippen LogP contribution in [0.3, 0.4) is 0 Å². The summed E-state index contributed by atoms with van der Waals surface area (Å²) in [6.07, 6.45) is 5.26. The Hall–Kier alpha value is -1.73. The molecule has 2 rings (SSSR count). The Kier molecular flexibility index (Phi) is 5.68. The molecule has 5 nitrogen and oxygen atoms in total. The van der Waals surface area contributed by atoms with E-state index in [0.29, 0.717) is 17.0 Å². The highest BCUT2D eigenvalue weighted by Crippen LogP contribution is 2.34. The number of carbonyl (C=O) groups is 2. The molecule has 1 N–H and O–H groups in total. The Morgan fingerprint density at radius 3 is 2.91 bits per heavy atom. The van der Waals surface area contributed by atoms with Crippen LogP contribution in [-0.4, -0.2) is 37.2 Å². The van der Waals surface area contributed by atoms with Crippen LogP contribution in [0.15, 0.2) is 29.3 Å². The lowest BCUT2D eigenvalue weighted by Gasteiger charge is -2.22. The van der Waals surface area contributed by atoms with E-state index in [1.807, 2.05) is 13.0 Å². The fraction of sp³-hybridized carbons (Fsp3) is 0.333. The van der Waals surface area contributed by atoms with Crippen LogP contribution < -0.4 is 0 Å². The van der Waals surface area contributed by atoms with Gasteiger partial charge in [0.05, 0.1) is 10.6 Å². The van der Waals surface area contributed by atoms with Crippen LogP contribution in [0.5, 0.6) is 0 Å². The van der Waals surface area contributed by atoms with Gasteiger partial charge in [0, 0.05) is 6.20 Å². The fourth-order valence-corrected chi connectivity index (χ4v) is 3.45. The van der Waals surface area contributed by atoms with Gasteiger partial charge in [-0.15, -0.1) is 0 Å². The molecule has 0 spiro atoms. The second-order valence-electron chi connectivity index (χ2n) is 4.80. The third-order valence-electron chi connectivity index (χ3n) is 3.22. The monoisotopic (exact) mass is 336 g/mol. The van der Waals surface area contributed by atoms with E-state index >= 15 is 0 Å². The Morgan fingerprint density at radius 2 is 2.32 bits per heavy atom. The molecule has 1 atom stereocenters. The number of hydrogen-bond donors (Lipinski definition) is 1. The lowest BCUT2D eigenvalue weighted by Crippen LogP contribution is -2.43. The van der Waals surface area contributed by atoms with E-state index in [4.69, 9.17) is 12.2 Å². The van der Waals surface area contributed by atoms with Gasteiger partial charge in [-0.3, -0.25) is 14.7 Å². The van der Waals surface area contributed by atoms with E-state index in [9.17, 15) is 14.7 Å². The zero-order valence-electron chi connectivity index (χ0n) is 12.1. The predicted octanol–water partition coefficient (Wildman–Crippen LogP) is 2.93. The molecule has 1 aliphatic heterocycles. The zero-order valence-corrected chi connectivity index (χ0v) is 13.7. The molecule has 2 heterocycles. The molecule has 7 heteroatoms. The normalized spacial score (nSPS) is 18.0. The summed E-state index contributed by atoms with van der Waals surface area (Å²) < 4.78 is 0.288. The molecule has 1 aromatic heterocycles. The van der Waals surface area contributed by atoms with E-state index in [-0.39, 0.29) is 10.2 Å². The van der Waals surface area contributed by atoms with Crippen molar-refractivity contribution in [2.75, 3.05) is 0 Å². The molecule has 22 heavy (non-hydrogen) atoms. The first-order valence-electron chi connectivity index (χ1n) is 6.95. The number of aliphatic carboxylic acids is 1. The number of amides is 1. The summed E-state index contributed by atoms with van der Waals surface area (Å²) in [5.41, 5.74) is 0.642. The van der Waals surface area contributed by atoms with Gasteiger partial charge >= 0.3 is 5.97 Å². The van der Waals surface area contributed by atoms with E-state index in [0.717, 1.165) is 24.6 Å². The van der Waals surface area contributed by atoms with Crippen molar-refractivity contribution in [1.29, 1.82) is 0 Å². The molecule has 0 aromatic carbocycles. The molecule has 0 saturated carbocycles. The number of rotatable bonds is 6. The van der Waals surface area contributed by atoms with Gasteiger partial charge in [-0.1, -0.05) is 49.8 Å². The van der Waals surface area contributed by atoms with Crippen molar-refractivity contribution < 1.29 is 14.7 Å². The third kappa shape index (κ3) is 3.72. The number of aromatic nitrogens is 1. The molecule has 1 fully saturated rings. The first-order chi connectivity index (χ1) is 10.5. The number of carbonyl (C=O) groups excluding carboxylic acids is 1. The molecule has 1 aliphatic rings. The minimum Gasteiger partial charge on any atom is -0.480 e. The molecule has 0 aliphatic carbocycles. The highest BCUT2D eigenvalue weighted by molar-refractivity contribution is 8.26. The molecule has 1 saturated heterocycles. The van der Waals surface area contributed by atoms with Crippen LogP contribution in [0, 0.1) is 0 Å². The molecular weight excluding hydrogens is 320 g/mol. The summed E-state index contributed by atoms with van der Waals surface area (Å²) in [6.45, 7) is 1.98. The minimum absolute atomic E-state index is 0.288. The van der Waals surface area contributed by atoms with Gasteiger partial charge in [-0.05, 0) is 24.6 Å².